The molecule has 9 heteroatoms. The number of nitro groups is 2. The van der Waals surface area contributed by atoms with Gasteiger partial charge in [-0.1, -0.05) is 13.8 Å². The van der Waals surface area contributed by atoms with Gasteiger partial charge in [0.15, 0.2) is 5.69 Å². The Balaban J connectivity index is 3.46. The molecule has 0 aromatic heterocycles. The summed E-state index contributed by atoms with van der Waals surface area (Å²) in [6, 6.07) is 1.61. The molecule has 2 N–H and O–H groups in total. The second-order valence-corrected chi connectivity index (χ2v) is 4.48. The Kier molecular flexibility index (Phi) is 4.57. The van der Waals surface area contributed by atoms with Crippen LogP contribution in [-0.2, 0) is 0 Å². The maximum Gasteiger partial charge on any atom is 0.336 e. The molecule has 0 unspecified atom stereocenters. The molecule has 0 aliphatic rings. The quantitative estimate of drug-likeness (QED) is 0.603. The minimum atomic E-state index is -1.47. The number of aromatic carboxylic acids is 1. The average molecular weight is 283 g/mol. The maximum atomic E-state index is 11.0. The van der Waals surface area contributed by atoms with Gasteiger partial charge in [0.05, 0.1) is 15.4 Å². The molecule has 0 heterocycles. The van der Waals surface area contributed by atoms with Crippen molar-refractivity contribution in [3.05, 3.63) is 37.9 Å². The van der Waals surface area contributed by atoms with Gasteiger partial charge in [-0.2, -0.15) is 0 Å². The topological polar surface area (TPSA) is 136 Å². The van der Waals surface area contributed by atoms with Crippen LogP contribution in [0.15, 0.2) is 12.1 Å². The van der Waals surface area contributed by atoms with Gasteiger partial charge in [0.25, 0.3) is 11.4 Å². The highest BCUT2D eigenvalue weighted by atomic mass is 16.6. The fourth-order valence-corrected chi connectivity index (χ4v) is 1.51. The number of hydrogen-bond donors (Lipinski definition) is 2. The van der Waals surface area contributed by atoms with E-state index in [0.29, 0.717) is 0 Å². The average Bonchev–Trinajstić information content (AvgIpc) is 2.34. The summed E-state index contributed by atoms with van der Waals surface area (Å²) in [6.45, 7) is 3.95. The van der Waals surface area contributed by atoms with E-state index in [1.165, 1.54) is 0 Å². The minimum absolute atomic E-state index is 0.105. The third-order valence-corrected chi connectivity index (χ3v) is 2.42. The number of nitrogens with zero attached hydrogens (tertiary/aromatic N) is 2. The number of carbonyl (C=O) groups is 1. The van der Waals surface area contributed by atoms with Gasteiger partial charge in [-0.3, -0.25) is 20.2 Å². The van der Waals surface area contributed by atoms with E-state index in [1.54, 1.807) is 0 Å². The van der Waals surface area contributed by atoms with Gasteiger partial charge < -0.3 is 10.4 Å². The summed E-state index contributed by atoms with van der Waals surface area (Å²) in [5.74, 6) is -1.36. The van der Waals surface area contributed by atoms with Crippen molar-refractivity contribution in [1.29, 1.82) is 0 Å². The largest absolute Gasteiger partial charge is 0.478 e. The highest BCUT2D eigenvalue weighted by molar-refractivity contribution is 5.92. The van der Waals surface area contributed by atoms with Gasteiger partial charge >= 0.3 is 5.97 Å². The monoisotopic (exact) mass is 283 g/mol. The number of carboxylic acid groups (broad SMARTS) is 1. The van der Waals surface area contributed by atoms with E-state index in [9.17, 15) is 25.0 Å². The molecule has 20 heavy (non-hydrogen) atoms. The lowest BCUT2D eigenvalue weighted by atomic mass is 10.1. The molecular weight excluding hydrogens is 270 g/mol. The van der Waals surface area contributed by atoms with Crippen LogP contribution in [0.4, 0.5) is 17.1 Å². The first-order chi connectivity index (χ1) is 9.23. The van der Waals surface area contributed by atoms with Gasteiger partial charge in [0, 0.05) is 18.7 Å². The van der Waals surface area contributed by atoms with Crippen LogP contribution in [0.2, 0.25) is 0 Å². The summed E-state index contributed by atoms with van der Waals surface area (Å²) < 4.78 is 0. The van der Waals surface area contributed by atoms with Crippen molar-refractivity contribution < 1.29 is 19.7 Å². The minimum Gasteiger partial charge on any atom is -0.478 e. The first kappa shape index (κ1) is 15.3. The van der Waals surface area contributed by atoms with E-state index < -0.39 is 32.8 Å². The Morgan fingerprint density at radius 1 is 1.25 bits per heavy atom. The van der Waals surface area contributed by atoms with E-state index in [4.69, 9.17) is 5.11 Å². The maximum absolute atomic E-state index is 11.0. The van der Waals surface area contributed by atoms with E-state index >= 15 is 0 Å². The summed E-state index contributed by atoms with van der Waals surface area (Å²) in [4.78, 5) is 31.1. The Morgan fingerprint density at radius 2 is 1.70 bits per heavy atom. The second-order valence-electron chi connectivity index (χ2n) is 4.48. The molecule has 0 fully saturated rings. The summed E-state index contributed by atoms with van der Waals surface area (Å²) in [5.41, 5.74) is -2.04. The lowest BCUT2D eigenvalue weighted by molar-refractivity contribution is -0.392. The first-order valence-electron chi connectivity index (χ1n) is 5.68. The van der Waals surface area contributed by atoms with Gasteiger partial charge in [-0.15, -0.1) is 0 Å². The molecule has 0 saturated carbocycles. The Hall–Kier alpha value is -2.71. The number of rotatable bonds is 6. The SMILES string of the molecule is CC(C)CNc1c([N+](=O)[O-])cc(C(=O)O)cc1[N+](=O)[O-]. The molecule has 0 aliphatic heterocycles. The molecule has 0 atom stereocenters. The Morgan fingerprint density at radius 3 is 2.00 bits per heavy atom. The molecule has 0 aliphatic carbocycles. The van der Waals surface area contributed by atoms with Crippen molar-refractivity contribution >= 4 is 23.0 Å². The Labute approximate surface area is 113 Å². The summed E-state index contributed by atoms with van der Waals surface area (Å²) in [5, 5.41) is 33.4. The second kappa shape index (κ2) is 5.95. The predicted octanol–water partition coefficient (Wildman–Crippen LogP) is 2.27. The number of benzene rings is 1. The highest BCUT2D eigenvalue weighted by Gasteiger charge is 2.28. The zero-order valence-electron chi connectivity index (χ0n) is 10.8. The smallest absolute Gasteiger partial charge is 0.336 e. The van der Waals surface area contributed by atoms with Crippen LogP contribution < -0.4 is 5.32 Å². The molecule has 1 rings (SSSR count). The lowest BCUT2D eigenvalue weighted by Gasteiger charge is -2.10. The summed E-state index contributed by atoms with van der Waals surface area (Å²) in [6.07, 6.45) is 0. The fourth-order valence-electron chi connectivity index (χ4n) is 1.51. The van der Waals surface area contributed by atoms with Crippen LogP contribution in [0.3, 0.4) is 0 Å². The number of hydrogen-bond acceptors (Lipinski definition) is 6. The molecule has 9 nitrogen and oxygen atoms in total. The number of carboxylic acids is 1. The van der Waals surface area contributed by atoms with E-state index in [0.717, 1.165) is 12.1 Å². The molecular formula is C11H13N3O6. The van der Waals surface area contributed by atoms with Crippen molar-refractivity contribution in [1.82, 2.24) is 0 Å². The van der Waals surface area contributed by atoms with Gasteiger partial charge in [-0.25, -0.2) is 4.79 Å². The molecule has 1 aromatic rings. The predicted molar refractivity (Wildman–Crippen MR) is 70.0 cm³/mol. The van der Waals surface area contributed by atoms with Gasteiger partial charge in [0.1, 0.15) is 0 Å². The van der Waals surface area contributed by atoms with E-state index in [-0.39, 0.29) is 18.2 Å². The number of anilines is 1. The van der Waals surface area contributed by atoms with Crippen LogP contribution in [0.5, 0.6) is 0 Å². The van der Waals surface area contributed by atoms with Gasteiger partial charge in [0.2, 0.25) is 0 Å². The number of nitrogens with one attached hydrogen (secondary N) is 1. The first-order valence-corrected chi connectivity index (χ1v) is 5.68. The molecule has 0 saturated heterocycles. The molecule has 0 spiro atoms. The van der Waals surface area contributed by atoms with E-state index in [1.807, 2.05) is 13.8 Å². The van der Waals surface area contributed by atoms with Gasteiger partial charge in [-0.05, 0) is 5.92 Å². The molecule has 0 bridgehead atoms. The van der Waals surface area contributed by atoms with Crippen molar-refractivity contribution in [3.8, 4) is 0 Å². The normalized spacial score (nSPS) is 10.3. The van der Waals surface area contributed by atoms with Crippen molar-refractivity contribution in [2.45, 2.75) is 13.8 Å². The lowest BCUT2D eigenvalue weighted by Crippen LogP contribution is -2.12. The number of nitro benzene ring substituents is 2. The third kappa shape index (κ3) is 3.40. The Bertz CT molecular complexity index is 534. The third-order valence-electron chi connectivity index (χ3n) is 2.42. The van der Waals surface area contributed by atoms with E-state index in [2.05, 4.69) is 5.32 Å². The molecule has 1 aromatic carbocycles. The van der Waals surface area contributed by atoms with Crippen molar-refractivity contribution in [2.24, 2.45) is 5.92 Å². The molecule has 0 radical (unpaired) electrons. The van der Waals surface area contributed by atoms with Crippen LogP contribution >= 0.6 is 0 Å². The van der Waals surface area contributed by atoms with Crippen LogP contribution in [0, 0.1) is 26.1 Å². The van der Waals surface area contributed by atoms with Crippen LogP contribution in [0.25, 0.3) is 0 Å². The van der Waals surface area contributed by atoms with Crippen LogP contribution in [-0.4, -0.2) is 27.5 Å². The molecule has 108 valence electrons. The van der Waals surface area contributed by atoms with Crippen LogP contribution in [0.1, 0.15) is 24.2 Å². The van der Waals surface area contributed by atoms with Crippen molar-refractivity contribution in [3.63, 3.8) is 0 Å². The summed E-state index contributed by atoms with van der Waals surface area (Å²) in [7, 11) is 0. The fraction of sp³-hybridized carbons (Fsp3) is 0.364. The zero-order chi connectivity index (χ0) is 15.4. The zero-order valence-corrected chi connectivity index (χ0v) is 10.8. The molecule has 0 amide bonds. The summed E-state index contributed by atoms with van der Waals surface area (Å²) >= 11 is 0. The standard InChI is InChI=1S/C11H13N3O6/c1-6(2)5-12-10-8(13(17)18)3-7(11(15)16)4-9(10)14(19)20/h3-4,6,12H,5H2,1-2H3,(H,15,16). The van der Waals surface area contributed by atoms with Crippen molar-refractivity contribution in [2.75, 3.05) is 11.9 Å². The highest BCUT2D eigenvalue weighted by Crippen LogP contribution is 2.35.